The molecule has 0 saturated carbocycles. The number of halogens is 1. The fourth-order valence-electron chi connectivity index (χ4n) is 4.88. The van der Waals surface area contributed by atoms with Crippen LogP contribution in [0.4, 0.5) is 0 Å². The molecule has 0 aromatic heterocycles. The maximum absolute atomic E-state index is 13.2. The summed E-state index contributed by atoms with van der Waals surface area (Å²) in [4.78, 5) is 52.6. The van der Waals surface area contributed by atoms with Crippen molar-refractivity contribution in [3.05, 3.63) is 80.7 Å². The van der Waals surface area contributed by atoms with E-state index in [4.69, 9.17) is 25.8 Å². The molecule has 2 aliphatic heterocycles. The maximum Gasteiger partial charge on any atom is 0.336 e. The van der Waals surface area contributed by atoms with Crippen molar-refractivity contribution in [3.8, 4) is 0 Å². The van der Waals surface area contributed by atoms with Crippen LogP contribution < -0.4 is 5.32 Å². The lowest BCUT2D eigenvalue weighted by atomic mass is 9.80. The van der Waals surface area contributed by atoms with Gasteiger partial charge in [0, 0.05) is 21.9 Å². The van der Waals surface area contributed by atoms with Crippen molar-refractivity contribution in [2.45, 2.75) is 46.5 Å². The van der Waals surface area contributed by atoms with E-state index in [1.165, 1.54) is 12.0 Å². The van der Waals surface area contributed by atoms with Crippen LogP contribution in [0.2, 0.25) is 5.02 Å². The number of carbonyl (C=O) groups is 4. The molecule has 4 rings (SSSR count). The van der Waals surface area contributed by atoms with E-state index >= 15 is 0 Å². The highest BCUT2D eigenvalue weighted by atomic mass is 35.5. The Bertz CT molecular complexity index is 1310. The Hall–Kier alpha value is -3.69. The molecule has 3 aliphatic rings. The van der Waals surface area contributed by atoms with Crippen LogP contribution in [0.1, 0.15) is 52.0 Å². The number of methoxy groups -OCH3 is 1. The van der Waals surface area contributed by atoms with Gasteiger partial charge in [0.15, 0.2) is 0 Å². The van der Waals surface area contributed by atoms with Crippen molar-refractivity contribution >= 4 is 35.4 Å². The summed E-state index contributed by atoms with van der Waals surface area (Å²) >= 11 is 6.51. The zero-order valence-corrected chi connectivity index (χ0v) is 24.2. The van der Waals surface area contributed by atoms with Crippen molar-refractivity contribution in [1.82, 2.24) is 10.2 Å². The summed E-state index contributed by atoms with van der Waals surface area (Å²) in [5.41, 5.74) is 2.78. The highest BCUT2D eigenvalue weighted by molar-refractivity contribution is 6.31. The van der Waals surface area contributed by atoms with E-state index in [9.17, 15) is 19.2 Å². The van der Waals surface area contributed by atoms with Gasteiger partial charge >= 0.3 is 11.9 Å². The van der Waals surface area contributed by atoms with Crippen LogP contribution in [-0.2, 0) is 33.4 Å². The number of nitrogens with zero attached hydrogens (tertiary/aromatic N) is 1. The van der Waals surface area contributed by atoms with Crippen LogP contribution in [0.15, 0.2) is 70.1 Å². The molecule has 1 aromatic carbocycles. The number of carbonyl (C=O) groups excluding carboxylic acids is 4. The quantitative estimate of drug-likeness (QED) is 0.265. The van der Waals surface area contributed by atoms with Gasteiger partial charge in [-0.1, -0.05) is 55.8 Å². The van der Waals surface area contributed by atoms with Crippen LogP contribution in [0.5, 0.6) is 0 Å². The number of allylic oxidation sites excluding steroid dienone is 2. The number of hydrogen-bond acceptors (Lipinski definition) is 8. The van der Waals surface area contributed by atoms with E-state index in [1.807, 2.05) is 19.9 Å². The molecule has 1 N–H and O–H groups in total. The molecule has 0 fully saturated rings. The molecule has 0 bridgehead atoms. The largest absolute Gasteiger partial charge is 0.466 e. The normalized spacial score (nSPS) is 18.4. The van der Waals surface area contributed by atoms with Crippen LogP contribution in [0, 0.1) is 0 Å². The minimum absolute atomic E-state index is 0.0480. The number of nitrogens with one attached hydrogen (secondary N) is 1. The molecule has 0 saturated heterocycles. The van der Waals surface area contributed by atoms with Crippen molar-refractivity contribution < 1.29 is 33.4 Å². The minimum Gasteiger partial charge on any atom is -0.466 e. The number of esters is 2. The first-order valence-corrected chi connectivity index (χ1v) is 13.7. The second-order valence-electron chi connectivity index (χ2n) is 8.87. The molecule has 1 aliphatic carbocycles. The van der Waals surface area contributed by atoms with Gasteiger partial charge in [0.1, 0.15) is 0 Å². The van der Waals surface area contributed by atoms with Crippen molar-refractivity contribution in [1.29, 1.82) is 0 Å². The van der Waals surface area contributed by atoms with Gasteiger partial charge in [-0.05, 0) is 38.3 Å². The molecular formula is C30H35ClN2O7. The molecule has 2 heterocycles. The number of imide groups is 1. The fourth-order valence-corrected chi connectivity index (χ4v) is 5.13. The van der Waals surface area contributed by atoms with Gasteiger partial charge in [-0.15, -0.1) is 0 Å². The lowest BCUT2D eigenvalue weighted by Gasteiger charge is -2.31. The molecule has 40 heavy (non-hydrogen) atoms. The Morgan fingerprint density at radius 1 is 1.10 bits per heavy atom. The second kappa shape index (κ2) is 14.1. The summed E-state index contributed by atoms with van der Waals surface area (Å²) in [6.07, 6.45) is 4.86. The predicted molar refractivity (Wildman–Crippen MR) is 150 cm³/mol. The molecule has 214 valence electrons. The second-order valence-corrected chi connectivity index (χ2v) is 9.28. The molecule has 1 unspecified atom stereocenters. The van der Waals surface area contributed by atoms with Gasteiger partial charge in [-0.25, -0.2) is 9.59 Å². The minimum atomic E-state index is -0.862. The third kappa shape index (κ3) is 6.21. The zero-order valence-electron chi connectivity index (χ0n) is 23.5. The molecule has 1 atom stereocenters. The average Bonchev–Trinajstić information content (AvgIpc) is 3.20. The lowest BCUT2D eigenvalue weighted by Crippen LogP contribution is -2.36. The number of amides is 2. The summed E-state index contributed by atoms with van der Waals surface area (Å²) in [7, 11) is 1.27. The average molecular weight is 571 g/mol. The van der Waals surface area contributed by atoms with Gasteiger partial charge in [0.25, 0.3) is 11.8 Å². The summed E-state index contributed by atoms with van der Waals surface area (Å²) < 4.78 is 16.2. The summed E-state index contributed by atoms with van der Waals surface area (Å²) in [6.45, 7) is 7.55. The van der Waals surface area contributed by atoms with Crippen molar-refractivity contribution in [3.63, 3.8) is 0 Å². The number of ether oxygens (including phenoxy) is 3. The third-order valence-corrected chi connectivity index (χ3v) is 6.96. The Balaban J connectivity index is 0.00000216. The van der Waals surface area contributed by atoms with Crippen LogP contribution in [0.3, 0.4) is 0 Å². The van der Waals surface area contributed by atoms with Crippen LogP contribution in [-0.4, -0.2) is 62.1 Å². The van der Waals surface area contributed by atoms with E-state index in [-0.39, 0.29) is 49.3 Å². The van der Waals surface area contributed by atoms with Crippen molar-refractivity contribution in [2.24, 2.45) is 0 Å². The monoisotopic (exact) mass is 570 g/mol. The number of benzene rings is 1. The molecular weight excluding hydrogens is 536 g/mol. The highest BCUT2D eigenvalue weighted by Crippen LogP contribution is 2.42. The van der Waals surface area contributed by atoms with Gasteiger partial charge in [-0.2, -0.15) is 0 Å². The first-order chi connectivity index (χ1) is 19.3. The molecule has 0 radical (unpaired) electrons. The summed E-state index contributed by atoms with van der Waals surface area (Å²) in [5, 5.41) is 3.47. The van der Waals surface area contributed by atoms with Crippen LogP contribution >= 0.6 is 11.6 Å². The SMILES string of the molecule is CC.CCOC(=O)C1=C(COCCN2C(=O)C3=C(CCC=C3)C2=O)NC(C)=C(C(=O)OC)C1c1ccccc1Cl. The Morgan fingerprint density at radius 3 is 2.48 bits per heavy atom. The topological polar surface area (TPSA) is 111 Å². The fraction of sp³-hybridized carbons (Fsp3) is 0.400. The predicted octanol–water partition coefficient (Wildman–Crippen LogP) is 4.35. The Morgan fingerprint density at radius 2 is 1.82 bits per heavy atom. The Labute approximate surface area is 239 Å². The van der Waals surface area contributed by atoms with Crippen molar-refractivity contribution in [2.75, 3.05) is 33.5 Å². The molecule has 0 spiro atoms. The Kier molecular flexibility index (Phi) is 10.9. The number of hydrogen-bond donors (Lipinski definition) is 1. The summed E-state index contributed by atoms with van der Waals surface area (Å²) in [6, 6.07) is 6.93. The first kappa shape index (κ1) is 30.8. The van der Waals surface area contributed by atoms with E-state index in [0.29, 0.717) is 39.5 Å². The molecule has 1 aromatic rings. The van der Waals surface area contributed by atoms with Gasteiger partial charge < -0.3 is 19.5 Å². The third-order valence-electron chi connectivity index (χ3n) is 6.62. The van der Waals surface area contributed by atoms with E-state index < -0.39 is 17.9 Å². The van der Waals surface area contributed by atoms with Gasteiger partial charge in [-0.3, -0.25) is 14.5 Å². The summed E-state index contributed by atoms with van der Waals surface area (Å²) in [5.74, 6) is -2.73. The van der Waals surface area contributed by atoms with Gasteiger partial charge in [0.05, 0.1) is 56.2 Å². The highest BCUT2D eigenvalue weighted by Gasteiger charge is 2.40. The number of dihydropyridines is 1. The zero-order chi connectivity index (χ0) is 29.4. The lowest BCUT2D eigenvalue weighted by molar-refractivity contribution is -0.140. The van der Waals surface area contributed by atoms with E-state index in [0.717, 1.165) is 6.42 Å². The maximum atomic E-state index is 13.2. The van der Waals surface area contributed by atoms with Gasteiger partial charge in [0.2, 0.25) is 0 Å². The first-order valence-electron chi connectivity index (χ1n) is 13.3. The smallest absolute Gasteiger partial charge is 0.336 e. The molecule has 10 heteroatoms. The number of rotatable bonds is 9. The molecule has 9 nitrogen and oxygen atoms in total. The van der Waals surface area contributed by atoms with E-state index in [1.54, 1.807) is 44.2 Å². The van der Waals surface area contributed by atoms with E-state index in [2.05, 4.69) is 5.32 Å². The standard InChI is InChI=1S/C28H29ClN2O7.C2H6/c1-4-38-28(35)24-21(15-37-14-13-31-25(32)17-9-5-6-10-18(17)26(31)33)30-16(2)22(27(34)36-3)23(24)19-11-7-8-12-20(19)29;1-2/h5,7-9,11-12,23,30H,4,6,10,13-15H2,1-3H3;1-2H3. The molecule has 2 amide bonds. The van der Waals surface area contributed by atoms with Crippen LogP contribution in [0.25, 0.3) is 0 Å².